The van der Waals surface area contributed by atoms with Gasteiger partial charge in [0.25, 0.3) is 11.8 Å². The van der Waals surface area contributed by atoms with E-state index < -0.39 is 5.91 Å². The predicted octanol–water partition coefficient (Wildman–Crippen LogP) is 1.74. The van der Waals surface area contributed by atoms with Crippen molar-refractivity contribution >= 4 is 17.5 Å². The van der Waals surface area contributed by atoms with E-state index in [1.165, 1.54) is 12.1 Å². The summed E-state index contributed by atoms with van der Waals surface area (Å²) < 4.78 is 0. The Morgan fingerprint density at radius 1 is 1.05 bits per heavy atom. The molecule has 0 unspecified atom stereocenters. The van der Waals surface area contributed by atoms with Crippen LogP contribution in [0.3, 0.4) is 0 Å². The first-order valence-electron chi connectivity index (χ1n) is 5.71. The van der Waals surface area contributed by atoms with Gasteiger partial charge in [0, 0.05) is 5.69 Å². The van der Waals surface area contributed by atoms with E-state index in [4.69, 9.17) is 5.73 Å². The number of amides is 2. The fourth-order valence-electron chi connectivity index (χ4n) is 1.53. The summed E-state index contributed by atoms with van der Waals surface area (Å²) in [6, 6.07) is 11.9. The number of anilines is 1. The maximum atomic E-state index is 11.9. The Hall–Kier alpha value is -2.69. The monoisotopic (exact) mass is 255 g/mol. The normalized spacial score (nSPS) is 9.95. The number of benzene rings is 1. The smallest absolute Gasteiger partial charge is 0.274 e. The van der Waals surface area contributed by atoms with Crippen LogP contribution in [-0.4, -0.2) is 16.8 Å². The number of aryl methyl sites for hydroxylation is 1. The van der Waals surface area contributed by atoms with E-state index in [1.54, 1.807) is 18.2 Å². The number of nitrogens with two attached hydrogens (primary N) is 1. The average molecular weight is 255 g/mol. The molecule has 0 radical (unpaired) electrons. The summed E-state index contributed by atoms with van der Waals surface area (Å²) in [5.41, 5.74) is 7.11. The van der Waals surface area contributed by atoms with Gasteiger partial charge in [-0.3, -0.25) is 9.59 Å². The van der Waals surface area contributed by atoms with Gasteiger partial charge in [-0.1, -0.05) is 23.8 Å². The molecular formula is C14H13N3O2. The van der Waals surface area contributed by atoms with E-state index in [2.05, 4.69) is 10.3 Å². The summed E-state index contributed by atoms with van der Waals surface area (Å²) in [4.78, 5) is 26.8. The zero-order chi connectivity index (χ0) is 13.8. The number of nitrogens with one attached hydrogen (secondary N) is 1. The van der Waals surface area contributed by atoms with Gasteiger partial charge in [0.05, 0.1) is 0 Å². The molecule has 0 spiro atoms. The van der Waals surface area contributed by atoms with Crippen molar-refractivity contribution in [1.29, 1.82) is 0 Å². The first kappa shape index (κ1) is 12.8. The van der Waals surface area contributed by atoms with Crippen LogP contribution in [0, 0.1) is 6.92 Å². The second-order valence-corrected chi connectivity index (χ2v) is 4.09. The third-order valence-electron chi connectivity index (χ3n) is 2.54. The van der Waals surface area contributed by atoms with Gasteiger partial charge in [0.2, 0.25) is 0 Å². The highest BCUT2D eigenvalue weighted by atomic mass is 16.2. The SMILES string of the molecule is Cc1ccc(NC(=O)c2cccc(C(N)=O)n2)cc1. The second kappa shape index (κ2) is 5.30. The number of pyridine rings is 1. The molecule has 0 bridgehead atoms. The van der Waals surface area contributed by atoms with E-state index in [-0.39, 0.29) is 17.3 Å². The van der Waals surface area contributed by atoms with Crippen LogP contribution in [0.15, 0.2) is 42.5 Å². The van der Waals surface area contributed by atoms with Crippen molar-refractivity contribution in [3.8, 4) is 0 Å². The lowest BCUT2D eigenvalue weighted by Crippen LogP contribution is -2.18. The number of rotatable bonds is 3. The lowest BCUT2D eigenvalue weighted by Gasteiger charge is -2.05. The zero-order valence-corrected chi connectivity index (χ0v) is 10.4. The largest absolute Gasteiger partial charge is 0.364 e. The van der Waals surface area contributed by atoms with Gasteiger partial charge in [-0.15, -0.1) is 0 Å². The third-order valence-corrected chi connectivity index (χ3v) is 2.54. The molecule has 2 rings (SSSR count). The van der Waals surface area contributed by atoms with Gasteiger partial charge in [0.15, 0.2) is 0 Å². The maximum absolute atomic E-state index is 11.9. The molecule has 5 nitrogen and oxygen atoms in total. The molecule has 96 valence electrons. The summed E-state index contributed by atoms with van der Waals surface area (Å²) >= 11 is 0. The number of hydrogen-bond donors (Lipinski definition) is 2. The van der Waals surface area contributed by atoms with Crippen molar-refractivity contribution in [3.63, 3.8) is 0 Å². The highest BCUT2D eigenvalue weighted by Gasteiger charge is 2.10. The van der Waals surface area contributed by atoms with Crippen molar-refractivity contribution in [2.75, 3.05) is 5.32 Å². The van der Waals surface area contributed by atoms with Gasteiger partial charge in [0.1, 0.15) is 11.4 Å². The number of nitrogens with zero attached hydrogens (tertiary/aromatic N) is 1. The quantitative estimate of drug-likeness (QED) is 0.876. The Balaban J connectivity index is 2.18. The topological polar surface area (TPSA) is 85.1 Å². The third kappa shape index (κ3) is 3.16. The molecule has 2 amide bonds. The molecule has 0 fully saturated rings. The molecule has 1 aromatic carbocycles. The van der Waals surface area contributed by atoms with Crippen LogP contribution in [0.1, 0.15) is 26.5 Å². The summed E-state index contributed by atoms with van der Waals surface area (Å²) in [6.07, 6.45) is 0. The molecule has 2 aromatic rings. The molecule has 3 N–H and O–H groups in total. The van der Waals surface area contributed by atoms with Gasteiger partial charge in [-0.2, -0.15) is 0 Å². The van der Waals surface area contributed by atoms with E-state index >= 15 is 0 Å². The van der Waals surface area contributed by atoms with Crippen molar-refractivity contribution in [3.05, 3.63) is 59.4 Å². The van der Waals surface area contributed by atoms with E-state index in [1.807, 2.05) is 19.1 Å². The van der Waals surface area contributed by atoms with Crippen molar-refractivity contribution in [2.24, 2.45) is 5.73 Å². The van der Waals surface area contributed by atoms with Gasteiger partial charge in [-0.25, -0.2) is 4.98 Å². The molecule has 0 aliphatic rings. The summed E-state index contributed by atoms with van der Waals surface area (Å²) in [6.45, 7) is 1.96. The van der Waals surface area contributed by atoms with E-state index in [9.17, 15) is 9.59 Å². The summed E-state index contributed by atoms with van der Waals surface area (Å²) in [5, 5.41) is 2.70. The lowest BCUT2D eigenvalue weighted by atomic mass is 10.2. The molecule has 0 aliphatic heterocycles. The van der Waals surface area contributed by atoms with Crippen molar-refractivity contribution < 1.29 is 9.59 Å². The molecule has 19 heavy (non-hydrogen) atoms. The van der Waals surface area contributed by atoms with Crippen LogP contribution in [0.25, 0.3) is 0 Å². The lowest BCUT2D eigenvalue weighted by molar-refractivity contribution is 0.0995. The minimum absolute atomic E-state index is 0.0663. The van der Waals surface area contributed by atoms with Crippen molar-refractivity contribution in [1.82, 2.24) is 4.98 Å². The molecule has 1 aromatic heterocycles. The van der Waals surface area contributed by atoms with Crippen LogP contribution in [0.2, 0.25) is 0 Å². The number of hydrogen-bond acceptors (Lipinski definition) is 3. The van der Waals surface area contributed by atoms with Gasteiger partial charge >= 0.3 is 0 Å². The Labute approximate surface area is 110 Å². The van der Waals surface area contributed by atoms with Gasteiger partial charge < -0.3 is 11.1 Å². The first-order chi connectivity index (χ1) is 9.06. The zero-order valence-electron chi connectivity index (χ0n) is 10.4. The summed E-state index contributed by atoms with van der Waals surface area (Å²) in [5.74, 6) is -1.04. The Morgan fingerprint density at radius 3 is 2.32 bits per heavy atom. The fraction of sp³-hybridized carbons (Fsp3) is 0.0714. The molecule has 5 heteroatoms. The molecule has 1 heterocycles. The average Bonchev–Trinajstić information content (AvgIpc) is 2.41. The Morgan fingerprint density at radius 2 is 1.68 bits per heavy atom. The highest BCUT2D eigenvalue weighted by Crippen LogP contribution is 2.10. The number of carbonyl (C=O) groups excluding carboxylic acids is 2. The molecule has 0 atom stereocenters. The molecular weight excluding hydrogens is 242 g/mol. The minimum atomic E-state index is -0.662. The Bertz CT molecular complexity index is 621. The summed E-state index contributed by atoms with van der Waals surface area (Å²) in [7, 11) is 0. The Kier molecular flexibility index (Phi) is 3.56. The predicted molar refractivity (Wildman–Crippen MR) is 71.9 cm³/mol. The molecule has 0 saturated carbocycles. The minimum Gasteiger partial charge on any atom is -0.364 e. The molecule has 0 aliphatic carbocycles. The highest BCUT2D eigenvalue weighted by molar-refractivity contribution is 6.03. The van der Waals surface area contributed by atoms with Gasteiger partial charge in [-0.05, 0) is 31.2 Å². The van der Waals surface area contributed by atoms with Crippen LogP contribution < -0.4 is 11.1 Å². The first-order valence-corrected chi connectivity index (χ1v) is 5.71. The van der Waals surface area contributed by atoms with Crippen molar-refractivity contribution in [2.45, 2.75) is 6.92 Å². The van der Waals surface area contributed by atoms with Crippen LogP contribution in [-0.2, 0) is 0 Å². The molecule has 0 saturated heterocycles. The van der Waals surface area contributed by atoms with E-state index in [0.717, 1.165) is 5.56 Å². The number of primary amides is 1. The maximum Gasteiger partial charge on any atom is 0.274 e. The second-order valence-electron chi connectivity index (χ2n) is 4.09. The fourth-order valence-corrected chi connectivity index (χ4v) is 1.53. The van der Waals surface area contributed by atoms with Crippen LogP contribution >= 0.6 is 0 Å². The number of carbonyl (C=O) groups is 2. The van der Waals surface area contributed by atoms with Crippen LogP contribution in [0.4, 0.5) is 5.69 Å². The van der Waals surface area contributed by atoms with Crippen LogP contribution in [0.5, 0.6) is 0 Å². The number of aromatic nitrogens is 1. The van der Waals surface area contributed by atoms with E-state index in [0.29, 0.717) is 5.69 Å². The standard InChI is InChI=1S/C14H13N3O2/c1-9-5-7-10(8-6-9)16-14(19)12-4-2-3-11(17-12)13(15)18/h2-8H,1H3,(H2,15,18)(H,16,19).